The Morgan fingerprint density at radius 2 is 1.76 bits per heavy atom. The number of nitrogens with one attached hydrogen (secondary N) is 1. The zero-order valence-electron chi connectivity index (χ0n) is 20.2. The Balaban J connectivity index is 1.49. The van der Waals surface area contributed by atoms with Crippen molar-refractivity contribution in [1.29, 1.82) is 0 Å². The highest BCUT2D eigenvalue weighted by Gasteiger charge is 2.17. The standard InChI is InChI=1S/C26H24N6O4S/c1-3-36-23-15-13-21(14-16-23)31-25(20-7-5-4-6-8-20)29-30-26(31)37-17-24(33)28-27-18(2)19-9-11-22(12-10-19)32(34)35/h4-16H,3,17H2,1-2H3,(H,28,33)/b27-18-. The summed E-state index contributed by atoms with van der Waals surface area (Å²) in [5.41, 5.74) is 5.44. The summed E-state index contributed by atoms with van der Waals surface area (Å²) < 4.78 is 7.45. The van der Waals surface area contributed by atoms with Gasteiger partial charge in [0.2, 0.25) is 0 Å². The number of amides is 1. The summed E-state index contributed by atoms with van der Waals surface area (Å²) in [7, 11) is 0. The molecule has 1 aromatic heterocycles. The Labute approximate surface area is 217 Å². The predicted molar refractivity (Wildman–Crippen MR) is 142 cm³/mol. The summed E-state index contributed by atoms with van der Waals surface area (Å²) in [6.45, 7) is 4.21. The van der Waals surface area contributed by atoms with E-state index in [1.54, 1.807) is 19.1 Å². The number of nitro benzene ring substituents is 1. The number of hydrazone groups is 1. The lowest BCUT2D eigenvalue weighted by atomic mass is 10.1. The van der Waals surface area contributed by atoms with Gasteiger partial charge in [0.25, 0.3) is 11.6 Å². The van der Waals surface area contributed by atoms with Gasteiger partial charge in [-0.25, -0.2) is 5.43 Å². The minimum absolute atomic E-state index is 0.0106. The van der Waals surface area contributed by atoms with E-state index in [0.717, 1.165) is 17.0 Å². The fourth-order valence-corrected chi connectivity index (χ4v) is 4.17. The van der Waals surface area contributed by atoms with Gasteiger partial charge in [-0.15, -0.1) is 10.2 Å². The SMILES string of the molecule is CCOc1ccc(-n2c(SCC(=O)N/N=C(/C)c3ccc([N+](=O)[O-])cc3)nnc2-c2ccccc2)cc1. The summed E-state index contributed by atoms with van der Waals surface area (Å²) >= 11 is 1.23. The zero-order valence-corrected chi connectivity index (χ0v) is 21.0. The van der Waals surface area contributed by atoms with Crippen LogP contribution in [-0.2, 0) is 4.79 Å². The van der Waals surface area contributed by atoms with E-state index in [0.29, 0.717) is 28.9 Å². The first kappa shape index (κ1) is 25.6. The second kappa shape index (κ2) is 12.0. The molecule has 0 bridgehead atoms. The van der Waals surface area contributed by atoms with Crippen LogP contribution in [-0.4, -0.2) is 43.7 Å². The molecule has 0 aliphatic rings. The maximum Gasteiger partial charge on any atom is 0.269 e. The molecule has 3 aromatic carbocycles. The van der Waals surface area contributed by atoms with Crippen molar-refractivity contribution < 1.29 is 14.5 Å². The molecule has 1 amide bonds. The summed E-state index contributed by atoms with van der Waals surface area (Å²) in [4.78, 5) is 22.9. The third-order valence-electron chi connectivity index (χ3n) is 5.25. The van der Waals surface area contributed by atoms with Gasteiger partial charge >= 0.3 is 0 Å². The molecule has 0 radical (unpaired) electrons. The average Bonchev–Trinajstić information content (AvgIpc) is 3.35. The molecule has 1 N–H and O–H groups in total. The molecular formula is C26H24N6O4S. The molecule has 0 saturated heterocycles. The molecule has 4 rings (SSSR count). The van der Waals surface area contributed by atoms with E-state index in [9.17, 15) is 14.9 Å². The third-order valence-corrected chi connectivity index (χ3v) is 6.18. The lowest BCUT2D eigenvalue weighted by Gasteiger charge is -2.11. The van der Waals surface area contributed by atoms with E-state index in [1.165, 1.54) is 23.9 Å². The molecule has 0 fully saturated rings. The maximum absolute atomic E-state index is 12.5. The first-order valence-corrected chi connectivity index (χ1v) is 12.4. The van der Waals surface area contributed by atoms with Gasteiger partial charge in [0.1, 0.15) is 5.75 Å². The van der Waals surface area contributed by atoms with Crippen LogP contribution in [0, 0.1) is 10.1 Å². The molecule has 1 heterocycles. The van der Waals surface area contributed by atoms with Crippen molar-refractivity contribution >= 4 is 29.1 Å². The van der Waals surface area contributed by atoms with Crippen LogP contribution in [0.15, 0.2) is 89.1 Å². The van der Waals surface area contributed by atoms with E-state index < -0.39 is 4.92 Å². The largest absolute Gasteiger partial charge is 0.494 e. The van der Waals surface area contributed by atoms with Gasteiger partial charge in [0.15, 0.2) is 11.0 Å². The van der Waals surface area contributed by atoms with Crippen LogP contribution in [0.2, 0.25) is 0 Å². The molecule has 11 heteroatoms. The summed E-state index contributed by atoms with van der Waals surface area (Å²) in [5.74, 6) is 1.14. The van der Waals surface area contributed by atoms with Crippen LogP contribution in [0.5, 0.6) is 5.75 Å². The fraction of sp³-hybridized carbons (Fsp3) is 0.154. The Morgan fingerprint density at radius 1 is 1.05 bits per heavy atom. The van der Waals surface area contributed by atoms with Crippen molar-refractivity contribution in [1.82, 2.24) is 20.2 Å². The molecule has 37 heavy (non-hydrogen) atoms. The number of rotatable bonds is 10. The second-order valence-electron chi connectivity index (χ2n) is 7.76. The summed E-state index contributed by atoms with van der Waals surface area (Å²) in [6.07, 6.45) is 0. The number of benzene rings is 3. The number of carbonyl (C=O) groups is 1. The van der Waals surface area contributed by atoms with Crippen LogP contribution >= 0.6 is 11.8 Å². The topological polar surface area (TPSA) is 125 Å². The molecule has 0 spiro atoms. The van der Waals surface area contributed by atoms with Crippen molar-refractivity contribution in [3.05, 3.63) is 94.5 Å². The molecule has 10 nitrogen and oxygen atoms in total. The van der Waals surface area contributed by atoms with E-state index in [4.69, 9.17) is 4.74 Å². The molecule has 0 atom stereocenters. The number of aromatic nitrogens is 3. The number of hydrogen-bond acceptors (Lipinski definition) is 8. The van der Waals surface area contributed by atoms with Crippen LogP contribution in [0.3, 0.4) is 0 Å². The van der Waals surface area contributed by atoms with Crippen LogP contribution in [0.25, 0.3) is 17.1 Å². The second-order valence-corrected chi connectivity index (χ2v) is 8.70. The number of non-ortho nitro benzene ring substituents is 1. The lowest BCUT2D eigenvalue weighted by molar-refractivity contribution is -0.384. The molecule has 188 valence electrons. The van der Waals surface area contributed by atoms with Crippen molar-refractivity contribution in [3.8, 4) is 22.8 Å². The minimum atomic E-state index is -0.468. The number of ether oxygens (including phenoxy) is 1. The van der Waals surface area contributed by atoms with Gasteiger partial charge in [-0.3, -0.25) is 19.5 Å². The highest BCUT2D eigenvalue weighted by Crippen LogP contribution is 2.28. The number of nitro groups is 1. The van der Waals surface area contributed by atoms with E-state index in [-0.39, 0.29) is 17.3 Å². The Hall–Kier alpha value is -4.51. The Morgan fingerprint density at radius 3 is 2.41 bits per heavy atom. The minimum Gasteiger partial charge on any atom is -0.494 e. The molecule has 0 aliphatic carbocycles. The number of hydrogen-bond donors (Lipinski definition) is 1. The van der Waals surface area contributed by atoms with Gasteiger partial charge in [-0.05, 0) is 55.8 Å². The fourth-order valence-electron chi connectivity index (χ4n) is 3.43. The molecule has 4 aromatic rings. The molecule has 0 unspecified atom stereocenters. The van der Waals surface area contributed by atoms with Gasteiger partial charge < -0.3 is 4.74 Å². The Bertz CT molecular complexity index is 1400. The predicted octanol–water partition coefficient (Wildman–Crippen LogP) is 4.87. The van der Waals surface area contributed by atoms with Gasteiger partial charge in [-0.1, -0.05) is 42.1 Å². The first-order valence-electron chi connectivity index (χ1n) is 11.4. The van der Waals surface area contributed by atoms with E-state index in [1.807, 2.05) is 66.1 Å². The number of nitrogens with zero attached hydrogens (tertiary/aromatic N) is 5. The molecular weight excluding hydrogens is 492 g/mol. The van der Waals surface area contributed by atoms with Crippen molar-refractivity contribution in [2.75, 3.05) is 12.4 Å². The van der Waals surface area contributed by atoms with Gasteiger partial charge in [-0.2, -0.15) is 5.10 Å². The van der Waals surface area contributed by atoms with Crippen molar-refractivity contribution in [2.24, 2.45) is 5.10 Å². The normalized spacial score (nSPS) is 11.2. The monoisotopic (exact) mass is 516 g/mol. The van der Waals surface area contributed by atoms with Crippen LogP contribution in [0.1, 0.15) is 19.4 Å². The quantitative estimate of drug-likeness (QED) is 0.138. The Kier molecular flexibility index (Phi) is 8.26. The molecule has 0 saturated carbocycles. The van der Waals surface area contributed by atoms with Crippen LogP contribution < -0.4 is 10.2 Å². The van der Waals surface area contributed by atoms with Gasteiger partial charge in [0.05, 0.1) is 23.0 Å². The van der Waals surface area contributed by atoms with E-state index >= 15 is 0 Å². The van der Waals surface area contributed by atoms with E-state index in [2.05, 4.69) is 20.7 Å². The third kappa shape index (κ3) is 6.39. The average molecular weight is 517 g/mol. The van der Waals surface area contributed by atoms with Crippen molar-refractivity contribution in [3.63, 3.8) is 0 Å². The summed E-state index contributed by atoms with van der Waals surface area (Å²) in [5, 5.41) is 24.2. The smallest absolute Gasteiger partial charge is 0.269 e. The van der Waals surface area contributed by atoms with Gasteiger partial charge in [0, 0.05) is 23.4 Å². The highest BCUT2D eigenvalue weighted by molar-refractivity contribution is 7.99. The molecule has 0 aliphatic heterocycles. The summed E-state index contributed by atoms with van der Waals surface area (Å²) in [6, 6.07) is 23.2. The zero-order chi connectivity index (χ0) is 26.2. The highest BCUT2D eigenvalue weighted by atomic mass is 32.2. The van der Waals surface area contributed by atoms with Crippen LogP contribution in [0.4, 0.5) is 5.69 Å². The number of thioether (sulfide) groups is 1. The number of carbonyl (C=O) groups excluding carboxylic acids is 1. The maximum atomic E-state index is 12.5. The first-order chi connectivity index (χ1) is 18.0. The lowest BCUT2D eigenvalue weighted by Crippen LogP contribution is -2.21. The van der Waals surface area contributed by atoms with Crippen molar-refractivity contribution in [2.45, 2.75) is 19.0 Å².